The Labute approximate surface area is 120 Å². The van der Waals surface area contributed by atoms with E-state index >= 15 is 0 Å². The molecule has 0 aliphatic heterocycles. The minimum absolute atomic E-state index is 0.318. The Kier molecular flexibility index (Phi) is 5.95. The Morgan fingerprint density at radius 2 is 2.25 bits per heavy atom. The molecule has 1 atom stereocenters. The maximum absolute atomic E-state index is 11.8. The lowest BCUT2D eigenvalue weighted by atomic mass is 9.94. The fraction of sp³-hybridized carbons (Fsp3) is 0.600. The van der Waals surface area contributed by atoms with Crippen LogP contribution in [0.1, 0.15) is 44.5 Å². The van der Waals surface area contributed by atoms with E-state index in [0.29, 0.717) is 36.9 Å². The third kappa shape index (κ3) is 5.17. The first-order chi connectivity index (χ1) is 9.35. The highest BCUT2D eigenvalue weighted by molar-refractivity contribution is 5.94. The van der Waals surface area contributed by atoms with Crippen molar-refractivity contribution < 1.29 is 14.6 Å². The number of aliphatic hydroxyl groups is 1. The lowest BCUT2D eigenvalue weighted by Crippen LogP contribution is -2.35. The molecule has 0 aromatic carbocycles. The zero-order valence-corrected chi connectivity index (χ0v) is 12.6. The van der Waals surface area contributed by atoms with E-state index in [-0.39, 0.29) is 0 Å². The quantitative estimate of drug-likeness (QED) is 0.751. The minimum atomic E-state index is -0.850. The van der Waals surface area contributed by atoms with E-state index in [1.54, 1.807) is 32.2 Å². The van der Waals surface area contributed by atoms with Crippen LogP contribution in [0.3, 0.4) is 0 Å². The second-order valence-corrected chi connectivity index (χ2v) is 5.57. The number of carbonyl (C=O) groups excluding carboxylic acids is 1. The molecule has 1 aromatic rings. The fourth-order valence-electron chi connectivity index (χ4n) is 2.15. The van der Waals surface area contributed by atoms with E-state index in [2.05, 4.69) is 24.1 Å². The van der Waals surface area contributed by atoms with Gasteiger partial charge in [-0.15, -0.1) is 0 Å². The molecule has 5 nitrogen and oxygen atoms in total. The highest BCUT2D eigenvalue weighted by Gasteiger charge is 2.23. The van der Waals surface area contributed by atoms with Gasteiger partial charge in [-0.3, -0.25) is 0 Å². The molecular weight excluding hydrogens is 256 g/mol. The first-order valence-electron chi connectivity index (χ1n) is 6.94. The topological polar surface area (TPSA) is 71.5 Å². The molecule has 0 fully saturated rings. The number of rotatable bonds is 7. The van der Waals surface area contributed by atoms with Crippen LogP contribution >= 0.6 is 0 Å². The monoisotopic (exact) mass is 280 g/mol. The predicted octanol–water partition coefficient (Wildman–Crippen LogP) is 2.47. The Bertz CT molecular complexity index is 444. The highest BCUT2D eigenvalue weighted by atomic mass is 16.5. The Hall–Kier alpha value is -1.62. The van der Waals surface area contributed by atoms with Crippen molar-refractivity contribution in [2.75, 3.05) is 18.5 Å². The maximum Gasteiger partial charge on any atom is 0.341 e. The number of hydrogen-bond acceptors (Lipinski definition) is 5. The largest absolute Gasteiger partial charge is 0.462 e. The summed E-state index contributed by atoms with van der Waals surface area (Å²) in [6.07, 6.45) is 2.27. The van der Waals surface area contributed by atoms with Crippen molar-refractivity contribution >= 4 is 11.8 Å². The van der Waals surface area contributed by atoms with Gasteiger partial charge in [0.25, 0.3) is 0 Å². The number of pyridine rings is 1. The summed E-state index contributed by atoms with van der Waals surface area (Å²) in [5.74, 6) is 0.418. The van der Waals surface area contributed by atoms with Gasteiger partial charge in [0.2, 0.25) is 0 Å². The first kappa shape index (κ1) is 16.4. The molecule has 0 aliphatic rings. The van der Waals surface area contributed by atoms with E-state index in [0.717, 1.165) is 0 Å². The van der Waals surface area contributed by atoms with Crippen molar-refractivity contribution in [3.63, 3.8) is 0 Å². The third-order valence-electron chi connectivity index (χ3n) is 2.79. The Morgan fingerprint density at radius 1 is 1.55 bits per heavy atom. The number of hydrogen-bond donors (Lipinski definition) is 2. The van der Waals surface area contributed by atoms with Crippen molar-refractivity contribution in [3.8, 4) is 0 Å². The molecule has 20 heavy (non-hydrogen) atoms. The van der Waals surface area contributed by atoms with E-state index in [9.17, 15) is 9.90 Å². The van der Waals surface area contributed by atoms with Gasteiger partial charge >= 0.3 is 5.97 Å². The average molecular weight is 280 g/mol. The van der Waals surface area contributed by atoms with Crippen molar-refractivity contribution in [1.82, 2.24) is 4.98 Å². The Balaban J connectivity index is 2.75. The summed E-state index contributed by atoms with van der Waals surface area (Å²) < 4.78 is 4.98. The van der Waals surface area contributed by atoms with Gasteiger partial charge in [-0.05, 0) is 38.3 Å². The molecule has 5 heteroatoms. The first-order valence-corrected chi connectivity index (χ1v) is 6.94. The smallest absolute Gasteiger partial charge is 0.341 e. The molecule has 0 radical (unpaired) electrons. The summed E-state index contributed by atoms with van der Waals surface area (Å²) >= 11 is 0. The molecular formula is C15H24N2O3. The molecule has 0 amide bonds. The number of carbonyl (C=O) groups is 1. The van der Waals surface area contributed by atoms with Crippen molar-refractivity contribution in [1.29, 1.82) is 0 Å². The summed E-state index contributed by atoms with van der Waals surface area (Å²) in [7, 11) is 0. The molecule has 1 rings (SSSR count). The highest BCUT2D eigenvalue weighted by Crippen LogP contribution is 2.19. The molecule has 0 aliphatic carbocycles. The summed E-state index contributed by atoms with van der Waals surface area (Å²) in [4.78, 5) is 15.9. The number of nitrogens with zero attached hydrogens (tertiary/aromatic N) is 1. The normalized spacial score (nSPS) is 13.9. The molecule has 1 unspecified atom stereocenters. The van der Waals surface area contributed by atoms with Gasteiger partial charge in [-0.2, -0.15) is 0 Å². The second kappa shape index (κ2) is 7.24. The lowest BCUT2D eigenvalue weighted by molar-refractivity contribution is 0.0499. The summed E-state index contributed by atoms with van der Waals surface area (Å²) in [5.41, 5.74) is -0.466. The number of esters is 1. The van der Waals surface area contributed by atoms with Crippen molar-refractivity contribution in [2.45, 2.75) is 39.7 Å². The molecule has 112 valence electrons. The van der Waals surface area contributed by atoms with Crippen LogP contribution in [0.15, 0.2) is 18.3 Å². The van der Waals surface area contributed by atoms with Crippen molar-refractivity contribution in [2.24, 2.45) is 5.92 Å². The van der Waals surface area contributed by atoms with Gasteiger partial charge < -0.3 is 15.2 Å². The van der Waals surface area contributed by atoms with Gasteiger partial charge in [0.15, 0.2) is 0 Å². The van der Waals surface area contributed by atoms with Crippen LogP contribution in [0.2, 0.25) is 0 Å². The molecule has 0 spiro atoms. The van der Waals surface area contributed by atoms with Gasteiger partial charge in [-0.1, -0.05) is 13.8 Å². The summed E-state index contributed by atoms with van der Waals surface area (Å²) in [6, 6.07) is 3.34. The number of anilines is 1. The zero-order chi connectivity index (χ0) is 15.2. The average Bonchev–Trinajstić information content (AvgIpc) is 2.35. The van der Waals surface area contributed by atoms with E-state index in [1.165, 1.54) is 0 Å². The molecule has 1 heterocycles. The van der Waals surface area contributed by atoms with E-state index in [4.69, 9.17) is 4.74 Å². The maximum atomic E-state index is 11.8. The van der Waals surface area contributed by atoms with Crippen LogP contribution in [-0.2, 0) is 4.74 Å². The molecule has 0 saturated heterocycles. The van der Waals surface area contributed by atoms with Crippen LogP contribution < -0.4 is 5.32 Å². The lowest BCUT2D eigenvalue weighted by Gasteiger charge is -2.26. The molecule has 0 bridgehead atoms. The SMILES string of the molecule is CCOC(=O)c1cccnc1NCC(C)(O)CC(C)C. The van der Waals surface area contributed by atoms with Gasteiger partial charge in [-0.25, -0.2) is 9.78 Å². The summed E-state index contributed by atoms with van der Waals surface area (Å²) in [6.45, 7) is 8.28. The van der Waals surface area contributed by atoms with Crippen molar-refractivity contribution in [3.05, 3.63) is 23.9 Å². The van der Waals surface area contributed by atoms with Gasteiger partial charge in [0, 0.05) is 12.7 Å². The van der Waals surface area contributed by atoms with Crippen LogP contribution in [0.5, 0.6) is 0 Å². The molecule has 2 N–H and O–H groups in total. The summed E-state index contributed by atoms with van der Waals surface area (Å²) in [5, 5.41) is 13.3. The second-order valence-electron chi connectivity index (χ2n) is 5.57. The predicted molar refractivity (Wildman–Crippen MR) is 78.8 cm³/mol. The van der Waals surface area contributed by atoms with Crippen LogP contribution in [0.25, 0.3) is 0 Å². The Morgan fingerprint density at radius 3 is 2.85 bits per heavy atom. The zero-order valence-electron chi connectivity index (χ0n) is 12.6. The van der Waals surface area contributed by atoms with Crippen LogP contribution in [0, 0.1) is 5.92 Å². The number of aromatic nitrogens is 1. The van der Waals surface area contributed by atoms with Gasteiger partial charge in [0.1, 0.15) is 11.4 Å². The minimum Gasteiger partial charge on any atom is -0.462 e. The molecule has 0 saturated carbocycles. The number of nitrogens with one attached hydrogen (secondary N) is 1. The number of ether oxygens (including phenoxy) is 1. The van der Waals surface area contributed by atoms with E-state index in [1.807, 2.05) is 0 Å². The van der Waals surface area contributed by atoms with Crippen LogP contribution in [0.4, 0.5) is 5.82 Å². The van der Waals surface area contributed by atoms with Crippen LogP contribution in [-0.4, -0.2) is 34.8 Å². The van der Waals surface area contributed by atoms with Gasteiger partial charge in [0.05, 0.1) is 12.2 Å². The molecule has 1 aromatic heterocycles. The third-order valence-corrected chi connectivity index (χ3v) is 2.79. The fourth-order valence-corrected chi connectivity index (χ4v) is 2.15. The standard InChI is InChI=1S/C15H24N2O3/c1-5-20-14(18)12-7-6-8-16-13(12)17-10-15(4,19)9-11(2)3/h6-8,11,19H,5,9-10H2,1-4H3,(H,16,17). The van der Waals surface area contributed by atoms with E-state index < -0.39 is 11.6 Å².